The van der Waals surface area contributed by atoms with Crippen LogP contribution in [0.1, 0.15) is 36.8 Å². The maximum Gasteiger partial charge on any atom is 0.255 e. The van der Waals surface area contributed by atoms with Crippen molar-refractivity contribution in [2.75, 3.05) is 19.0 Å². The number of fused-ring (bicyclic) bond motifs is 3. The van der Waals surface area contributed by atoms with Gasteiger partial charge in [-0.1, -0.05) is 30.2 Å². The van der Waals surface area contributed by atoms with Crippen molar-refractivity contribution in [3.63, 3.8) is 0 Å². The van der Waals surface area contributed by atoms with Gasteiger partial charge >= 0.3 is 0 Å². The molecule has 2 fully saturated rings. The summed E-state index contributed by atoms with van der Waals surface area (Å²) in [5, 5.41) is 3.61. The van der Waals surface area contributed by atoms with Gasteiger partial charge in [0.1, 0.15) is 12.4 Å². The zero-order valence-corrected chi connectivity index (χ0v) is 18.0. The lowest BCUT2D eigenvalue weighted by atomic mass is 9.94. The second-order valence-electron chi connectivity index (χ2n) is 8.95. The van der Waals surface area contributed by atoms with Gasteiger partial charge < -0.3 is 10.1 Å². The molecule has 1 aliphatic heterocycles. The largest absolute Gasteiger partial charge is 0.488 e. The van der Waals surface area contributed by atoms with E-state index in [1.807, 2.05) is 30.3 Å². The van der Waals surface area contributed by atoms with E-state index in [4.69, 9.17) is 16.3 Å². The highest BCUT2D eigenvalue weighted by atomic mass is 35.5. The molecule has 3 atom stereocenters. The number of rotatable bonds is 5. The van der Waals surface area contributed by atoms with E-state index in [0.29, 0.717) is 10.6 Å². The standard InChI is InChI=1S/C25H27ClN2O2/c1-28(23-11-17-2-5-18(23)10-17)14-16-3-7-22(8-4-16)27-25(29)20-12-19-13-21(26)6-9-24(19)30-15-20/h3-4,6-9,12-13,17-18,23H,2,5,10-11,14-15H2,1H3,(H,27,29)/t17?,18?,23-/m0/s1. The van der Waals surface area contributed by atoms with E-state index >= 15 is 0 Å². The fourth-order valence-electron chi connectivity index (χ4n) is 5.34. The Morgan fingerprint density at radius 3 is 2.73 bits per heavy atom. The van der Waals surface area contributed by atoms with Gasteiger partial charge in [-0.3, -0.25) is 9.69 Å². The third-order valence-corrected chi connectivity index (χ3v) is 7.12. The summed E-state index contributed by atoms with van der Waals surface area (Å²) >= 11 is 6.06. The molecule has 2 saturated carbocycles. The van der Waals surface area contributed by atoms with Crippen LogP contribution in [0.5, 0.6) is 5.75 Å². The van der Waals surface area contributed by atoms with Crippen molar-refractivity contribution in [1.29, 1.82) is 0 Å². The van der Waals surface area contributed by atoms with Crippen molar-refractivity contribution in [1.82, 2.24) is 4.90 Å². The molecule has 5 heteroatoms. The smallest absolute Gasteiger partial charge is 0.255 e. The molecule has 30 heavy (non-hydrogen) atoms. The number of benzene rings is 2. The monoisotopic (exact) mass is 422 g/mol. The summed E-state index contributed by atoms with van der Waals surface area (Å²) in [4.78, 5) is 15.2. The highest BCUT2D eigenvalue weighted by Crippen LogP contribution is 2.46. The predicted molar refractivity (Wildman–Crippen MR) is 121 cm³/mol. The molecule has 0 radical (unpaired) electrons. The van der Waals surface area contributed by atoms with Crippen LogP contribution in [0, 0.1) is 11.8 Å². The summed E-state index contributed by atoms with van der Waals surface area (Å²) in [6.07, 6.45) is 7.47. The zero-order chi connectivity index (χ0) is 20.7. The maximum atomic E-state index is 12.7. The van der Waals surface area contributed by atoms with Gasteiger partial charge in [0.05, 0.1) is 5.57 Å². The lowest BCUT2D eigenvalue weighted by Crippen LogP contribution is -2.35. The molecule has 1 N–H and O–H groups in total. The molecule has 4 nitrogen and oxygen atoms in total. The second-order valence-corrected chi connectivity index (χ2v) is 9.39. The molecule has 5 rings (SSSR count). The fourth-order valence-corrected chi connectivity index (χ4v) is 5.52. The molecule has 2 aromatic rings. The van der Waals surface area contributed by atoms with E-state index in [1.165, 1.54) is 31.2 Å². The lowest BCUT2D eigenvalue weighted by molar-refractivity contribution is -0.113. The number of hydrogen-bond donors (Lipinski definition) is 1. The van der Waals surface area contributed by atoms with Crippen LogP contribution in [0.4, 0.5) is 5.69 Å². The Morgan fingerprint density at radius 2 is 2.00 bits per heavy atom. The summed E-state index contributed by atoms with van der Waals surface area (Å²) in [7, 11) is 2.25. The topological polar surface area (TPSA) is 41.6 Å². The minimum Gasteiger partial charge on any atom is -0.488 e. The molecule has 1 heterocycles. The van der Waals surface area contributed by atoms with Crippen molar-refractivity contribution in [2.24, 2.45) is 11.8 Å². The first-order valence-corrected chi connectivity index (χ1v) is 11.2. The van der Waals surface area contributed by atoms with Crippen molar-refractivity contribution in [2.45, 2.75) is 38.3 Å². The van der Waals surface area contributed by atoms with Crippen molar-refractivity contribution in [3.8, 4) is 5.75 Å². The number of amides is 1. The Labute approximate surface area is 182 Å². The minimum atomic E-state index is -0.146. The Balaban J connectivity index is 1.20. The Morgan fingerprint density at radius 1 is 1.17 bits per heavy atom. The first-order chi connectivity index (χ1) is 14.5. The van der Waals surface area contributed by atoms with Gasteiger partial charge in [-0.2, -0.15) is 0 Å². The van der Waals surface area contributed by atoms with Gasteiger partial charge in [0.25, 0.3) is 5.91 Å². The van der Waals surface area contributed by atoms with Crippen LogP contribution in [-0.2, 0) is 11.3 Å². The summed E-state index contributed by atoms with van der Waals surface area (Å²) < 4.78 is 5.69. The van der Waals surface area contributed by atoms with Gasteiger partial charge in [-0.15, -0.1) is 0 Å². The molecule has 0 aromatic heterocycles. The fraction of sp³-hybridized carbons (Fsp3) is 0.400. The van der Waals surface area contributed by atoms with Crippen LogP contribution >= 0.6 is 11.6 Å². The first-order valence-electron chi connectivity index (χ1n) is 10.8. The van der Waals surface area contributed by atoms with Crippen LogP contribution in [0.15, 0.2) is 48.0 Å². The van der Waals surface area contributed by atoms with Crippen LogP contribution in [0.25, 0.3) is 6.08 Å². The molecule has 2 aliphatic carbocycles. The molecular formula is C25H27ClN2O2. The van der Waals surface area contributed by atoms with E-state index < -0.39 is 0 Å². The molecule has 2 unspecified atom stereocenters. The van der Waals surface area contributed by atoms with Gasteiger partial charge in [-0.25, -0.2) is 0 Å². The highest BCUT2D eigenvalue weighted by molar-refractivity contribution is 6.30. The Kier molecular flexibility index (Phi) is 5.30. The van der Waals surface area contributed by atoms with Crippen molar-refractivity contribution >= 4 is 29.3 Å². The number of carbonyl (C=O) groups excluding carboxylic acids is 1. The summed E-state index contributed by atoms with van der Waals surface area (Å²) in [6.45, 7) is 1.21. The minimum absolute atomic E-state index is 0.146. The number of halogens is 1. The quantitative estimate of drug-likeness (QED) is 0.703. The lowest BCUT2D eigenvalue weighted by Gasteiger charge is -2.31. The van der Waals surface area contributed by atoms with Crippen LogP contribution in [-0.4, -0.2) is 30.5 Å². The van der Waals surface area contributed by atoms with E-state index in [2.05, 4.69) is 29.4 Å². The maximum absolute atomic E-state index is 12.7. The average molecular weight is 423 g/mol. The molecule has 156 valence electrons. The first kappa shape index (κ1) is 19.7. The third-order valence-electron chi connectivity index (χ3n) is 6.89. The molecule has 2 bridgehead atoms. The summed E-state index contributed by atoms with van der Waals surface area (Å²) in [5.41, 5.74) is 3.49. The average Bonchev–Trinajstić information content (AvgIpc) is 3.38. The number of nitrogens with one attached hydrogen (secondary N) is 1. The van der Waals surface area contributed by atoms with Gasteiger partial charge in [0, 0.05) is 28.9 Å². The predicted octanol–water partition coefficient (Wildman–Crippen LogP) is 5.37. The van der Waals surface area contributed by atoms with E-state index in [0.717, 1.165) is 41.4 Å². The number of carbonyl (C=O) groups is 1. The number of hydrogen-bond acceptors (Lipinski definition) is 3. The SMILES string of the molecule is CN(Cc1ccc(NC(=O)C2=Cc3cc(Cl)ccc3OC2)cc1)[C@H]1CC2CCC1C2. The number of anilines is 1. The third kappa shape index (κ3) is 3.99. The van der Waals surface area contributed by atoms with E-state index in [1.54, 1.807) is 6.07 Å². The van der Waals surface area contributed by atoms with Crippen molar-refractivity contribution in [3.05, 3.63) is 64.2 Å². The zero-order valence-electron chi connectivity index (χ0n) is 17.2. The van der Waals surface area contributed by atoms with Gasteiger partial charge in [0.2, 0.25) is 0 Å². The number of ether oxygens (including phenoxy) is 1. The van der Waals surface area contributed by atoms with Crippen LogP contribution < -0.4 is 10.1 Å². The molecule has 0 spiro atoms. The molecule has 2 aromatic carbocycles. The van der Waals surface area contributed by atoms with Crippen LogP contribution in [0.3, 0.4) is 0 Å². The van der Waals surface area contributed by atoms with Gasteiger partial charge in [-0.05, 0) is 80.1 Å². The van der Waals surface area contributed by atoms with Crippen molar-refractivity contribution < 1.29 is 9.53 Å². The molecular weight excluding hydrogens is 396 g/mol. The molecule has 0 saturated heterocycles. The van der Waals surface area contributed by atoms with E-state index in [9.17, 15) is 4.79 Å². The Bertz CT molecular complexity index is 985. The van der Waals surface area contributed by atoms with Gasteiger partial charge in [0.15, 0.2) is 0 Å². The normalized spacial score (nSPS) is 24.4. The molecule has 3 aliphatic rings. The van der Waals surface area contributed by atoms with E-state index in [-0.39, 0.29) is 12.5 Å². The summed E-state index contributed by atoms with van der Waals surface area (Å²) in [5.74, 6) is 2.46. The highest BCUT2D eigenvalue weighted by Gasteiger charge is 2.41. The Hall–Kier alpha value is -2.30. The molecule has 1 amide bonds. The van der Waals surface area contributed by atoms with Crippen LogP contribution in [0.2, 0.25) is 5.02 Å². The second kappa shape index (κ2) is 8.09. The summed E-state index contributed by atoms with van der Waals surface area (Å²) in [6, 6.07) is 14.3. The number of nitrogens with zero attached hydrogens (tertiary/aromatic N) is 1.